The Balaban J connectivity index is 4.07. The first-order chi connectivity index (χ1) is 26.8. The van der Waals surface area contributed by atoms with E-state index < -0.39 is 0 Å². The van der Waals surface area contributed by atoms with Gasteiger partial charge >= 0.3 is 0 Å². The van der Waals surface area contributed by atoms with Gasteiger partial charge in [-0.3, -0.25) is 4.79 Å². The van der Waals surface area contributed by atoms with Gasteiger partial charge in [-0.2, -0.15) is 0 Å². The molecule has 0 saturated heterocycles. The average molecular weight is 764 g/mol. The molecule has 0 spiro atoms. The van der Waals surface area contributed by atoms with Crippen molar-refractivity contribution in [3.63, 3.8) is 0 Å². The summed E-state index contributed by atoms with van der Waals surface area (Å²) in [4.78, 5) is 15.5. The van der Waals surface area contributed by atoms with Gasteiger partial charge in [-0.05, 0) is 77.8 Å². The number of carbonyl (C=O) groups excluding carboxylic acids is 1. The van der Waals surface area contributed by atoms with Crippen LogP contribution in [-0.4, -0.2) is 69.7 Å². The van der Waals surface area contributed by atoms with Crippen molar-refractivity contribution < 1.29 is 4.79 Å². The van der Waals surface area contributed by atoms with Crippen LogP contribution >= 0.6 is 0 Å². The van der Waals surface area contributed by atoms with Gasteiger partial charge in [-0.25, -0.2) is 0 Å². The first-order valence-corrected chi connectivity index (χ1v) is 24.9. The third kappa shape index (κ3) is 44.0. The molecule has 324 valence electrons. The SMILES string of the molecule is CCCCCCCCCCCCCCCCCCN(CCCCCCCCCCCCCCCCCC)C(=O)CNCCCNCCCCNCCCN. The predicted molar refractivity (Wildman–Crippen MR) is 242 cm³/mol. The summed E-state index contributed by atoms with van der Waals surface area (Å²) >= 11 is 0. The zero-order chi connectivity index (χ0) is 39.1. The normalized spacial score (nSPS) is 11.5. The molecule has 6 nitrogen and oxygen atoms in total. The average Bonchev–Trinajstić information content (AvgIpc) is 3.18. The zero-order valence-electron chi connectivity index (χ0n) is 37.3. The van der Waals surface area contributed by atoms with Gasteiger partial charge in [0.15, 0.2) is 0 Å². The fourth-order valence-electron chi connectivity index (χ4n) is 7.69. The summed E-state index contributed by atoms with van der Waals surface area (Å²) in [6.45, 7) is 12.9. The lowest BCUT2D eigenvalue weighted by Crippen LogP contribution is -2.40. The maximum absolute atomic E-state index is 13.3. The van der Waals surface area contributed by atoms with Crippen LogP contribution in [0.25, 0.3) is 0 Å². The van der Waals surface area contributed by atoms with Crippen molar-refractivity contribution >= 4 is 5.91 Å². The summed E-state index contributed by atoms with van der Waals surface area (Å²) in [6.07, 6.45) is 49.0. The predicted octanol–water partition coefficient (Wildman–Crippen LogP) is 12.6. The fraction of sp³-hybridized carbons (Fsp3) is 0.979. The summed E-state index contributed by atoms with van der Waals surface area (Å²) < 4.78 is 0. The van der Waals surface area contributed by atoms with Gasteiger partial charge in [0.05, 0.1) is 6.54 Å². The quantitative estimate of drug-likeness (QED) is 0.0464. The van der Waals surface area contributed by atoms with E-state index in [4.69, 9.17) is 5.73 Å². The van der Waals surface area contributed by atoms with Gasteiger partial charge < -0.3 is 26.6 Å². The van der Waals surface area contributed by atoms with Crippen molar-refractivity contribution in [1.82, 2.24) is 20.9 Å². The Morgan fingerprint density at radius 2 is 0.630 bits per heavy atom. The van der Waals surface area contributed by atoms with Crippen molar-refractivity contribution in [2.75, 3.05) is 58.9 Å². The van der Waals surface area contributed by atoms with Crippen LogP contribution in [0.15, 0.2) is 0 Å². The first kappa shape index (κ1) is 53.3. The summed E-state index contributed by atoms with van der Waals surface area (Å²) in [6, 6.07) is 0. The number of hydrogen-bond donors (Lipinski definition) is 4. The molecule has 54 heavy (non-hydrogen) atoms. The molecule has 0 fully saturated rings. The maximum Gasteiger partial charge on any atom is 0.236 e. The Hall–Kier alpha value is -0.690. The van der Waals surface area contributed by atoms with Crippen LogP contribution in [0.2, 0.25) is 0 Å². The molecular weight excluding hydrogens is 663 g/mol. The highest BCUT2D eigenvalue weighted by atomic mass is 16.2. The Kier molecular flexibility index (Phi) is 47.8. The van der Waals surface area contributed by atoms with Crippen molar-refractivity contribution in [1.29, 1.82) is 0 Å². The molecule has 0 aromatic rings. The number of nitrogens with zero attached hydrogens (tertiary/aromatic N) is 1. The number of amides is 1. The number of carbonyl (C=O) groups is 1. The van der Waals surface area contributed by atoms with Crippen LogP contribution in [0.5, 0.6) is 0 Å². The van der Waals surface area contributed by atoms with Gasteiger partial charge in [0.25, 0.3) is 0 Å². The van der Waals surface area contributed by atoms with Gasteiger partial charge in [-0.15, -0.1) is 0 Å². The van der Waals surface area contributed by atoms with Crippen molar-refractivity contribution in [2.45, 2.75) is 245 Å². The molecule has 0 aliphatic carbocycles. The molecule has 0 saturated carbocycles. The molecule has 0 unspecified atom stereocenters. The van der Waals surface area contributed by atoms with Crippen molar-refractivity contribution in [3.8, 4) is 0 Å². The lowest BCUT2D eigenvalue weighted by molar-refractivity contribution is -0.130. The second-order valence-corrected chi connectivity index (χ2v) is 16.9. The van der Waals surface area contributed by atoms with Gasteiger partial charge in [0.2, 0.25) is 5.91 Å². The minimum atomic E-state index is 0.312. The highest BCUT2D eigenvalue weighted by Crippen LogP contribution is 2.16. The largest absolute Gasteiger partial charge is 0.342 e. The van der Waals surface area contributed by atoms with E-state index in [-0.39, 0.29) is 0 Å². The minimum Gasteiger partial charge on any atom is -0.342 e. The highest BCUT2D eigenvalue weighted by Gasteiger charge is 2.12. The summed E-state index contributed by atoms with van der Waals surface area (Å²) in [7, 11) is 0. The molecule has 0 aliphatic heterocycles. The third-order valence-electron chi connectivity index (χ3n) is 11.4. The summed E-state index contributed by atoms with van der Waals surface area (Å²) in [5.74, 6) is 0.312. The first-order valence-electron chi connectivity index (χ1n) is 24.9. The Labute approximate surface area is 340 Å². The van der Waals surface area contributed by atoms with Crippen LogP contribution in [0.4, 0.5) is 0 Å². The lowest BCUT2D eigenvalue weighted by Gasteiger charge is -2.23. The van der Waals surface area contributed by atoms with Gasteiger partial charge in [0, 0.05) is 13.1 Å². The molecule has 0 aliphatic rings. The molecule has 0 atom stereocenters. The third-order valence-corrected chi connectivity index (χ3v) is 11.4. The number of rotatable bonds is 48. The van der Waals surface area contributed by atoms with E-state index in [0.29, 0.717) is 12.5 Å². The number of nitrogens with one attached hydrogen (secondary N) is 3. The van der Waals surface area contributed by atoms with E-state index >= 15 is 0 Å². The summed E-state index contributed by atoms with van der Waals surface area (Å²) in [5, 5.41) is 10.5. The van der Waals surface area contributed by atoms with Crippen LogP contribution in [0.1, 0.15) is 245 Å². The Morgan fingerprint density at radius 3 is 0.963 bits per heavy atom. The molecular formula is C48H101N5O. The number of unbranched alkanes of at least 4 members (excludes halogenated alkanes) is 31. The standard InChI is InChI=1S/C48H101N5O/c1-3-5-7-9-11-13-15-17-19-21-23-25-27-29-31-35-45-53(48(54)47-52-44-38-43-51-41-34-33-40-50-42-37-39-49)46-36-32-30-28-26-24-22-20-18-16-14-12-10-8-6-4-2/h50-52H,3-47,49H2,1-2H3. The second-order valence-electron chi connectivity index (χ2n) is 16.9. The van der Waals surface area contributed by atoms with E-state index in [1.165, 1.54) is 205 Å². The maximum atomic E-state index is 13.3. The van der Waals surface area contributed by atoms with E-state index in [1.807, 2.05) is 0 Å². The van der Waals surface area contributed by atoms with E-state index in [2.05, 4.69) is 34.7 Å². The van der Waals surface area contributed by atoms with Crippen LogP contribution in [0, 0.1) is 0 Å². The molecule has 0 aromatic heterocycles. The van der Waals surface area contributed by atoms with E-state index in [9.17, 15) is 4.79 Å². The molecule has 0 radical (unpaired) electrons. The fourth-order valence-corrected chi connectivity index (χ4v) is 7.69. The number of nitrogens with two attached hydrogens (primary N) is 1. The van der Waals surface area contributed by atoms with Crippen LogP contribution in [-0.2, 0) is 4.79 Å². The minimum absolute atomic E-state index is 0.312. The number of hydrogen-bond acceptors (Lipinski definition) is 5. The second kappa shape index (κ2) is 48.5. The molecule has 0 heterocycles. The molecule has 6 heteroatoms. The van der Waals surface area contributed by atoms with Gasteiger partial charge in [0.1, 0.15) is 0 Å². The molecule has 5 N–H and O–H groups in total. The Bertz CT molecular complexity index is 656. The van der Waals surface area contributed by atoms with E-state index in [1.54, 1.807) is 0 Å². The summed E-state index contributed by atoms with van der Waals surface area (Å²) in [5.41, 5.74) is 5.55. The van der Waals surface area contributed by atoms with Crippen molar-refractivity contribution in [2.24, 2.45) is 5.73 Å². The van der Waals surface area contributed by atoms with Crippen LogP contribution < -0.4 is 21.7 Å². The highest BCUT2D eigenvalue weighted by molar-refractivity contribution is 5.78. The smallest absolute Gasteiger partial charge is 0.236 e. The van der Waals surface area contributed by atoms with Gasteiger partial charge in [-0.1, -0.05) is 206 Å². The molecule has 0 bridgehead atoms. The lowest BCUT2D eigenvalue weighted by atomic mass is 10.0. The van der Waals surface area contributed by atoms with Crippen molar-refractivity contribution in [3.05, 3.63) is 0 Å². The van der Waals surface area contributed by atoms with Crippen LogP contribution in [0.3, 0.4) is 0 Å². The monoisotopic (exact) mass is 764 g/mol. The molecule has 0 aromatic carbocycles. The molecule has 0 rings (SSSR count). The molecule has 1 amide bonds. The topological polar surface area (TPSA) is 82.4 Å². The zero-order valence-corrected chi connectivity index (χ0v) is 37.3. The Morgan fingerprint density at radius 1 is 0.352 bits per heavy atom. The van der Waals surface area contributed by atoms with E-state index in [0.717, 1.165) is 78.0 Å².